The zero-order valence-corrected chi connectivity index (χ0v) is 33.6. The van der Waals surface area contributed by atoms with Crippen LogP contribution in [-0.4, -0.2) is 61.3 Å². The number of anilines is 1. The molecule has 55 heavy (non-hydrogen) atoms. The molecule has 9 heteroatoms. The first kappa shape index (κ1) is 37.2. The number of aryl methyl sites for hydroxylation is 1. The third kappa shape index (κ3) is 8.14. The molecule has 2 fully saturated rings. The van der Waals surface area contributed by atoms with Crippen molar-refractivity contribution in [1.82, 2.24) is 14.9 Å². The average Bonchev–Trinajstić information content (AvgIpc) is 3.96. The second kappa shape index (κ2) is 16.6. The van der Waals surface area contributed by atoms with Crippen molar-refractivity contribution in [2.24, 2.45) is 0 Å². The number of thioether (sulfide) groups is 1. The fraction of sp³-hybridized carbons (Fsp3) is 0.391. The van der Waals surface area contributed by atoms with Crippen molar-refractivity contribution in [2.75, 3.05) is 45.3 Å². The van der Waals surface area contributed by atoms with Gasteiger partial charge >= 0.3 is 0 Å². The molecule has 8 rings (SSSR count). The molecular weight excluding hydrogens is 705 g/mol. The van der Waals surface area contributed by atoms with E-state index in [2.05, 4.69) is 84.3 Å². The highest BCUT2D eigenvalue weighted by Gasteiger charge is 2.29. The standard InChI is InChI=1S/C46H52N4O4S/c1-6-7-34-22-35(25-44(52-4)46(34)53-5)40-21-32(13-17-47-40)28-50(38-10-11-45-43(26-38)54-29-55-45)37-14-18-49(19-15-37)27-31-12-16-48-41(20-31)36-23-39(33-8-9-33)30(2)42(24-36)51-3/h10-13,16-17,20-26,33,37H,6-9,14-15,18-19,27-29H2,1-5H3. The zero-order valence-electron chi connectivity index (χ0n) is 32.8. The number of pyridine rings is 2. The van der Waals surface area contributed by atoms with E-state index in [-0.39, 0.29) is 0 Å². The topological polar surface area (TPSA) is 69.2 Å². The lowest BCUT2D eigenvalue weighted by Gasteiger charge is -2.40. The van der Waals surface area contributed by atoms with Gasteiger partial charge < -0.3 is 23.8 Å². The van der Waals surface area contributed by atoms with E-state index in [0.29, 0.717) is 17.9 Å². The number of methoxy groups -OCH3 is 3. The van der Waals surface area contributed by atoms with Gasteiger partial charge in [0.05, 0.1) is 37.6 Å². The first-order valence-corrected chi connectivity index (χ1v) is 20.7. The third-order valence-electron chi connectivity index (χ3n) is 11.4. The summed E-state index contributed by atoms with van der Waals surface area (Å²) in [5, 5.41) is 0. The molecule has 5 aromatic rings. The summed E-state index contributed by atoms with van der Waals surface area (Å²) in [5.41, 5.74) is 11.7. The van der Waals surface area contributed by atoms with Crippen molar-refractivity contribution in [2.45, 2.75) is 82.3 Å². The first-order valence-electron chi connectivity index (χ1n) is 19.7. The van der Waals surface area contributed by atoms with Crippen LogP contribution in [0.15, 0.2) is 84.0 Å². The van der Waals surface area contributed by atoms with Crippen LogP contribution in [0.5, 0.6) is 23.0 Å². The minimum atomic E-state index is 0.381. The van der Waals surface area contributed by atoms with Gasteiger partial charge in [-0.15, -0.1) is 0 Å². The molecule has 0 atom stereocenters. The van der Waals surface area contributed by atoms with E-state index in [9.17, 15) is 0 Å². The normalized spacial score (nSPS) is 15.7. The summed E-state index contributed by atoms with van der Waals surface area (Å²) in [4.78, 5) is 16.0. The number of rotatable bonds is 14. The van der Waals surface area contributed by atoms with Crippen LogP contribution in [0.2, 0.25) is 0 Å². The van der Waals surface area contributed by atoms with Gasteiger partial charge in [0, 0.05) is 67.5 Å². The molecule has 2 aromatic heterocycles. The Balaban J connectivity index is 1.01. The summed E-state index contributed by atoms with van der Waals surface area (Å²) in [6, 6.07) is 24.7. The van der Waals surface area contributed by atoms with Gasteiger partial charge in [0.15, 0.2) is 11.5 Å². The summed E-state index contributed by atoms with van der Waals surface area (Å²) in [7, 11) is 5.18. The van der Waals surface area contributed by atoms with Crippen LogP contribution in [0.4, 0.5) is 5.69 Å². The zero-order chi connectivity index (χ0) is 37.9. The molecule has 4 heterocycles. The largest absolute Gasteiger partial charge is 0.496 e. The van der Waals surface area contributed by atoms with Crippen LogP contribution in [0, 0.1) is 6.92 Å². The smallest absolute Gasteiger partial charge is 0.163 e. The van der Waals surface area contributed by atoms with Crippen LogP contribution in [0.3, 0.4) is 0 Å². The molecule has 0 N–H and O–H groups in total. The average molecular weight is 757 g/mol. The van der Waals surface area contributed by atoms with Gasteiger partial charge in [0.25, 0.3) is 0 Å². The van der Waals surface area contributed by atoms with Crippen LogP contribution >= 0.6 is 11.8 Å². The van der Waals surface area contributed by atoms with E-state index in [0.717, 1.165) is 103 Å². The van der Waals surface area contributed by atoms with Crippen molar-refractivity contribution in [3.05, 3.63) is 107 Å². The van der Waals surface area contributed by atoms with E-state index >= 15 is 0 Å². The van der Waals surface area contributed by atoms with E-state index < -0.39 is 0 Å². The second-order valence-corrected chi connectivity index (χ2v) is 16.0. The second-order valence-electron chi connectivity index (χ2n) is 15.1. The Kier molecular flexibility index (Phi) is 11.2. The molecule has 0 spiro atoms. The maximum absolute atomic E-state index is 6.02. The number of likely N-dealkylation sites (tertiary alicyclic amines) is 1. The molecule has 3 aromatic carbocycles. The number of aromatic nitrogens is 2. The van der Waals surface area contributed by atoms with Gasteiger partial charge in [-0.1, -0.05) is 25.1 Å². The Labute approximate surface area is 330 Å². The van der Waals surface area contributed by atoms with E-state index in [1.54, 1.807) is 33.1 Å². The van der Waals surface area contributed by atoms with Gasteiger partial charge in [-0.2, -0.15) is 0 Å². The molecule has 2 aliphatic heterocycles. The van der Waals surface area contributed by atoms with Crippen LogP contribution < -0.4 is 23.8 Å². The Morgan fingerprint density at radius 3 is 2.22 bits per heavy atom. The highest BCUT2D eigenvalue weighted by Crippen LogP contribution is 2.45. The Morgan fingerprint density at radius 1 is 0.800 bits per heavy atom. The number of piperidine rings is 1. The van der Waals surface area contributed by atoms with E-state index in [1.165, 1.54) is 45.7 Å². The lowest BCUT2D eigenvalue weighted by atomic mass is 9.97. The van der Waals surface area contributed by atoms with E-state index in [1.807, 2.05) is 18.5 Å². The quantitative estimate of drug-likeness (QED) is 0.110. The van der Waals surface area contributed by atoms with Gasteiger partial charge in [0.1, 0.15) is 17.4 Å². The highest BCUT2D eigenvalue weighted by atomic mass is 32.2. The fourth-order valence-electron chi connectivity index (χ4n) is 8.33. The van der Waals surface area contributed by atoms with Crippen molar-refractivity contribution in [3.63, 3.8) is 0 Å². The summed E-state index contributed by atoms with van der Waals surface area (Å²) >= 11 is 1.76. The minimum absolute atomic E-state index is 0.381. The number of hydrogen-bond donors (Lipinski definition) is 0. The molecule has 0 bridgehead atoms. The summed E-state index contributed by atoms with van der Waals surface area (Å²) in [6.07, 6.45) is 10.5. The molecule has 8 nitrogen and oxygen atoms in total. The van der Waals surface area contributed by atoms with Crippen molar-refractivity contribution < 1.29 is 18.9 Å². The van der Waals surface area contributed by atoms with Crippen molar-refractivity contribution in [1.29, 1.82) is 0 Å². The van der Waals surface area contributed by atoms with Gasteiger partial charge in [-0.05, 0) is 133 Å². The third-order valence-corrected chi connectivity index (χ3v) is 12.3. The number of hydrogen-bond acceptors (Lipinski definition) is 9. The molecule has 0 unspecified atom stereocenters. The lowest BCUT2D eigenvalue weighted by molar-refractivity contribution is 0.201. The predicted octanol–water partition coefficient (Wildman–Crippen LogP) is 10.1. The number of ether oxygens (including phenoxy) is 4. The summed E-state index contributed by atoms with van der Waals surface area (Å²) in [6.45, 7) is 8.09. The molecule has 1 saturated carbocycles. The summed E-state index contributed by atoms with van der Waals surface area (Å²) < 4.78 is 23.3. The monoisotopic (exact) mass is 756 g/mol. The van der Waals surface area contributed by atoms with E-state index in [4.69, 9.17) is 28.9 Å². The lowest BCUT2D eigenvalue weighted by Crippen LogP contribution is -2.44. The Bertz CT molecular complexity index is 2150. The maximum Gasteiger partial charge on any atom is 0.163 e. The SMILES string of the molecule is CCCc1cc(-c2cc(CN(c3ccc4c(c3)OCS4)C3CCN(Cc4ccnc(-c5cc(OC)c(C)c(C6CC6)c5)c4)CC3)ccn2)cc(OC)c1OC. The minimum Gasteiger partial charge on any atom is -0.496 e. The molecule has 3 aliphatic rings. The molecule has 0 amide bonds. The molecule has 1 saturated heterocycles. The van der Waals surface area contributed by atoms with Crippen molar-refractivity contribution >= 4 is 17.4 Å². The molecule has 1 aliphatic carbocycles. The van der Waals surface area contributed by atoms with Crippen LogP contribution in [-0.2, 0) is 19.5 Å². The Hall–Kier alpha value is -4.73. The predicted molar refractivity (Wildman–Crippen MR) is 222 cm³/mol. The van der Waals surface area contributed by atoms with Gasteiger partial charge in [-0.3, -0.25) is 14.9 Å². The highest BCUT2D eigenvalue weighted by molar-refractivity contribution is 7.99. The first-order chi connectivity index (χ1) is 26.9. The Morgan fingerprint density at radius 2 is 1.51 bits per heavy atom. The number of fused-ring (bicyclic) bond motifs is 1. The van der Waals surface area contributed by atoms with Gasteiger partial charge in [-0.25, -0.2) is 0 Å². The van der Waals surface area contributed by atoms with Crippen LogP contribution in [0.1, 0.15) is 72.8 Å². The summed E-state index contributed by atoms with van der Waals surface area (Å²) in [5.74, 6) is 4.80. The van der Waals surface area contributed by atoms with Crippen molar-refractivity contribution in [3.8, 4) is 45.5 Å². The van der Waals surface area contributed by atoms with Crippen LogP contribution in [0.25, 0.3) is 22.5 Å². The molecule has 286 valence electrons. The molecular formula is C46H52N4O4S. The fourth-order valence-corrected chi connectivity index (χ4v) is 9.07. The van der Waals surface area contributed by atoms with Gasteiger partial charge in [0.2, 0.25) is 0 Å². The maximum atomic E-state index is 6.02. The number of benzene rings is 3. The molecule has 0 radical (unpaired) electrons. The number of nitrogens with zero attached hydrogens (tertiary/aromatic N) is 4.